The SMILES string of the molecule is C=c1ccc(C(=O)NCCN(CCC)CCC)c(C)/c1=C/C. The summed E-state index contributed by atoms with van der Waals surface area (Å²) in [7, 11) is 0. The molecule has 0 atom stereocenters. The van der Waals surface area contributed by atoms with Crippen molar-refractivity contribution in [3.63, 3.8) is 0 Å². The van der Waals surface area contributed by atoms with Gasteiger partial charge in [-0.2, -0.15) is 0 Å². The number of benzene rings is 1. The van der Waals surface area contributed by atoms with E-state index in [9.17, 15) is 4.79 Å². The molecule has 0 bridgehead atoms. The molecule has 1 aromatic rings. The predicted molar refractivity (Wildman–Crippen MR) is 95.4 cm³/mol. The number of hydrogen-bond donors (Lipinski definition) is 1. The number of nitrogens with zero attached hydrogens (tertiary/aromatic N) is 1. The average Bonchev–Trinajstić information content (AvgIpc) is 2.48. The fraction of sp³-hybridized carbons (Fsp3) is 0.526. The number of rotatable bonds is 8. The van der Waals surface area contributed by atoms with Gasteiger partial charge in [-0.1, -0.05) is 32.6 Å². The van der Waals surface area contributed by atoms with Crippen LogP contribution in [-0.4, -0.2) is 37.0 Å². The summed E-state index contributed by atoms with van der Waals surface area (Å²) in [5.41, 5.74) is 1.75. The van der Waals surface area contributed by atoms with E-state index >= 15 is 0 Å². The van der Waals surface area contributed by atoms with Crippen LogP contribution >= 0.6 is 0 Å². The van der Waals surface area contributed by atoms with Crippen LogP contribution in [0.1, 0.15) is 49.5 Å². The van der Waals surface area contributed by atoms with E-state index in [1.807, 2.05) is 32.1 Å². The minimum absolute atomic E-state index is 0.00791. The molecule has 3 heteroatoms. The summed E-state index contributed by atoms with van der Waals surface area (Å²) in [6, 6.07) is 3.79. The molecule has 1 rings (SSSR count). The van der Waals surface area contributed by atoms with E-state index < -0.39 is 0 Å². The van der Waals surface area contributed by atoms with Crippen molar-refractivity contribution in [3.8, 4) is 0 Å². The Labute approximate surface area is 134 Å². The molecule has 0 aliphatic rings. The molecular formula is C19H30N2O. The summed E-state index contributed by atoms with van der Waals surface area (Å²) in [6.07, 6.45) is 4.31. The van der Waals surface area contributed by atoms with Crippen molar-refractivity contribution in [3.05, 3.63) is 33.7 Å². The smallest absolute Gasteiger partial charge is 0.251 e. The van der Waals surface area contributed by atoms with Crippen LogP contribution in [0.25, 0.3) is 12.7 Å². The maximum absolute atomic E-state index is 12.4. The van der Waals surface area contributed by atoms with Crippen LogP contribution in [0, 0.1) is 6.92 Å². The Morgan fingerprint density at radius 1 is 1.23 bits per heavy atom. The van der Waals surface area contributed by atoms with Gasteiger partial charge in [-0.25, -0.2) is 0 Å². The van der Waals surface area contributed by atoms with Gasteiger partial charge in [0.2, 0.25) is 0 Å². The van der Waals surface area contributed by atoms with Crippen LogP contribution in [0.15, 0.2) is 12.1 Å². The highest BCUT2D eigenvalue weighted by Crippen LogP contribution is 2.01. The van der Waals surface area contributed by atoms with Gasteiger partial charge in [-0.05, 0) is 61.8 Å². The fourth-order valence-corrected chi connectivity index (χ4v) is 2.82. The lowest BCUT2D eigenvalue weighted by atomic mass is 10.0. The first kappa shape index (κ1) is 18.4. The predicted octanol–water partition coefficient (Wildman–Crippen LogP) is 2.06. The van der Waals surface area contributed by atoms with Crippen LogP contribution in [0.4, 0.5) is 0 Å². The monoisotopic (exact) mass is 302 g/mol. The second-order valence-electron chi connectivity index (χ2n) is 5.70. The zero-order chi connectivity index (χ0) is 16.5. The van der Waals surface area contributed by atoms with E-state index in [-0.39, 0.29) is 5.91 Å². The lowest BCUT2D eigenvalue weighted by molar-refractivity contribution is 0.0947. The molecule has 0 fully saturated rings. The minimum Gasteiger partial charge on any atom is -0.351 e. The molecular weight excluding hydrogens is 272 g/mol. The van der Waals surface area contributed by atoms with Crippen LogP contribution < -0.4 is 15.8 Å². The third-order valence-electron chi connectivity index (χ3n) is 3.93. The quantitative estimate of drug-likeness (QED) is 0.797. The van der Waals surface area contributed by atoms with E-state index in [1.54, 1.807) is 0 Å². The van der Waals surface area contributed by atoms with Crippen LogP contribution in [-0.2, 0) is 0 Å². The van der Waals surface area contributed by atoms with Crippen molar-refractivity contribution in [1.29, 1.82) is 0 Å². The first-order chi connectivity index (χ1) is 10.5. The molecule has 3 nitrogen and oxygen atoms in total. The first-order valence-corrected chi connectivity index (χ1v) is 8.30. The van der Waals surface area contributed by atoms with Gasteiger partial charge < -0.3 is 10.2 Å². The van der Waals surface area contributed by atoms with Crippen LogP contribution in [0.2, 0.25) is 0 Å². The topological polar surface area (TPSA) is 32.3 Å². The van der Waals surface area contributed by atoms with Crippen molar-refractivity contribution in [2.75, 3.05) is 26.2 Å². The average molecular weight is 302 g/mol. The van der Waals surface area contributed by atoms with Gasteiger partial charge in [-0.15, -0.1) is 0 Å². The molecule has 0 saturated heterocycles. The van der Waals surface area contributed by atoms with Crippen molar-refractivity contribution < 1.29 is 4.79 Å². The Morgan fingerprint density at radius 2 is 1.86 bits per heavy atom. The largest absolute Gasteiger partial charge is 0.351 e. The third kappa shape index (κ3) is 4.99. The summed E-state index contributed by atoms with van der Waals surface area (Å²) in [5, 5.41) is 5.07. The molecule has 0 spiro atoms. The van der Waals surface area contributed by atoms with Gasteiger partial charge >= 0.3 is 0 Å². The summed E-state index contributed by atoms with van der Waals surface area (Å²) in [5.74, 6) is 0.00791. The normalized spacial score (nSPS) is 12.0. The van der Waals surface area contributed by atoms with Crippen molar-refractivity contribution in [2.24, 2.45) is 0 Å². The number of carbonyl (C=O) groups is 1. The Hall–Kier alpha value is -1.61. The van der Waals surface area contributed by atoms with Crippen LogP contribution in [0.3, 0.4) is 0 Å². The molecule has 0 saturated carbocycles. The van der Waals surface area contributed by atoms with Gasteiger partial charge in [0.15, 0.2) is 0 Å². The molecule has 122 valence electrons. The van der Waals surface area contributed by atoms with Crippen molar-refractivity contribution in [1.82, 2.24) is 10.2 Å². The van der Waals surface area contributed by atoms with Crippen LogP contribution in [0.5, 0.6) is 0 Å². The Bertz CT molecular complexity index is 586. The molecule has 1 amide bonds. The van der Waals surface area contributed by atoms with E-state index in [1.165, 1.54) is 0 Å². The number of hydrogen-bond acceptors (Lipinski definition) is 2. The van der Waals surface area contributed by atoms with E-state index in [0.717, 1.165) is 54.0 Å². The Balaban J connectivity index is 2.69. The highest BCUT2D eigenvalue weighted by Gasteiger charge is 2.10. The van der Waals surface area contributed by atoms with Gasteiger partial charge in [0, 0.05) is 18.7 Å². The maximum atomic E-state index is 12.4. The minimum atomic E-state index is 0.00791. The number of amides is 1. The standard InChI is InChI=1S/C19H30N2O/c1-6-12-21(13-7-2)14-11-20-19(22)18-10-9-15(4)17(8-3)16(18)5/h8-10H,4,6-7,11-14H2,1-3,5H3,(H,20,22)/b17-8+. The highest BCUT2D eigenvalue weighted by molar-refractivity contribution is 5.95. The molecule has 1 N–H and O–H groups in total. The van der Waals surface area contributed by atoms with E-state index in [2.05, 4.69) is 30.6 Å². The van der Waals surface area contributed by atoms with Gasteiger partial charge in [0.1, 0.15) is 0 Å². The molecule has 0 aromatic heterocycles. The summed E-state index contributed by atoms with van der Waals surface area (Å²) < 4.78 is 0. The van der Waals surface area contributed by atoms with Gasteiger partial charge in [0.25, 0.3) is 5.91 Å². The summed E-state index contributed by atoms with van der Waals surface area (Å²) >= 11 is 0. The molecule has 1 aromatic carbocycles. The molecule has 0 heterocycles. The summed E-state index contributed by atoms with van der Waals surface area (Å²) in [4.78, 5) is 14.8. The fourth-order valence-electron chi connectivity index (χ4n) is 2.82. The summed E-state index contributed by atoms with van der Waals surface area (Å²) in [6.45, 7) is 16.1. The number of nitrogens with one attached hydrogen (secondary N) is 1. The zero-order valence-corrected chi connectivity index (χ0v) is 14.5. The Morgan fingerprint density at radius 3 is 2.41 bits per heavy atom. The zero-order valence-electron chi connectivity index (χ0n) is 14.5. The van der Waals surface area contributed by atoms with E-state index in [4.69, 9.17) is 0 Å². The van der Waals surface area contributed by atoms with Gasteiger partial charge in [0.05, 0.1) is 0 Å². The molecule has 22 heavy (non-hydrogen) atoms. The first-order valence-electron chi connectivity index (χ1n) is 8.30. The molecule has 0 aliphatic carbocycles. The maximum Gasteiger partial charge on any atom is 0.251 e. The third-order valence-corrected chi connectivity index (χ3v) is 3.93. The second kappa shape index (κ2) is 9.42. The van der Waals surface area contributed by atoms with Gasteiger partial charge in [-0.3, -0.25) is 4.79 Å². The lowest BCUT2D eigenvalue weighted by Gasteiger charge is -2.21. The highest BCUT2D eigenvalue weighted by atomic mass is 16.1. The molecule has 0 aliphatic heterocycles. The lowest BCUT2D eigenvalue weighted by Crippen LogP contribution is -2.37. The van der Waals surface area contributed by atoms with Crippen molar-refractivity contribution in [2.45, 2.75) is 40.5 Å². The van der Waals surface area contributed by atoms with Crippen molar-refractivity contribution >= 4 is 18.6 Å². The van der Waals surface area contributed by atoms with E-state index in [0.29, 0.717) is 6.54 Å². The molecule has 0 unspecified atom stereocenters. The Kier molecular flexibility index (Phi) is 7.89. The second-order valence-corrected chi connectivity index (χ2v) is 5.70. The number of carbonyl (C=O) groups excluding carboxylic acids is 1. The molecule has 0 radical (unpaired) electrons.